The molecular formula is C18H16N2O3. The summed E-state index contributed by atoms with van der Waals surface area (Å²) in [6, 6.07) is 18.1. The van der Waals surface area contributed by atoms with E-state index in [0.717, 1.165) is 11.5 Å². The Hall–Kier alpha value is -3.08. The molecule has 116 valence electrons. The zero-order valence-corrected chi connectivity index (χ0v) is 12.7. The second-order valence-electron chi connectivity index (χ2n) is 5.07. The van der Waals surface area contributed by atoms with E-state index in [1.807, 2.05) is 49.4 Å². The standard InChI is InChI=1S/C18H16N2O3/c1-13-10-16(20-23-13)12-22-17-9-5-8-15(11-17)19-18(21)14-6-3-2-4-7-14/h2-11H,12H2,1H3,(H,19,21). The Morgan fingerprint density at radius 3 is 2.70 bits per heavy atom. The first kappa shape index (κ1) is 14.8. The fourth-order valence-electron chi connectivity index (χ4n) is 2.10. The van der Waals surface area contributed by atoms with Crippen LogP contribution in [0.15, 0.2) is 65.2 Å². The Balaban J connectivity index is 1.64. The predicted molar refractivity (Wildman–Crippen MR) is 86.4 cm³/mol. The van der Waals surface area contributed by atoms with E-state index in [2.05, 4.69) is 10.5 Å². The summed E-state index contributed by atoms with van der Waals surface area (Å²) in [7, 11) is 0. The predicted octanol–water partition coefficient (Wildman–Crippen LogP) is 3.81. The minimum absolute atomic E-state index is 0.158. The molecule has 0 aliphatic rings. The first-order valence-electron chi connectivity index (χ1n) is 7.22. The third kappa shape index (κ3) is 3.97. The normalized spacial score (nSPS) is 10.3. The Bertz CT molecular complexity index is 797. The lowest BCUT2D eigenvalue weighted by Gasteiger charge is -2.08. The molecule has 3 aromatic rings. The molecule has 0 saturated heterocycles. The second-order valence-corrected chi connectivity index (χ2v) is 5.07. The molecule has 0 radical (unpaired) electrons. The average Bonchev–Trinajstić information content (AvgIpc) is 3.00. The van der Waals surface area contributed by atoms with Crippen molar-refractivity contribution in [3.8, 4) is 5.75 Å². The molecule has 0 atom stereocenters. The zero-order chi connectivity index (χ0) is 16.1. The van der Waals surface area contributed by atoms with Crippen LogP contribution in [0.25, 0.3) is 0 Å². The van der Waals surface area contributed by atoms with Crippen molar-refractivity contribution in [2.24, 2.45) is 0 Å². The van der Waals surface area contributed by atoms with Crippen LogP contribution in [-0.4, -0.2) is 11.1 Å². The Labute approximate surface area is 133 Å². The molecule has 23 heavy (non-hydrogen) atoms. The fourth-order valence-corrected chi connectivity index (χ4v) is 2.10. The van der Waals surface area contributed by atoms with E-state index in [1.54, 1.807) is 18.2 Å². The number of anilines is 1. The van der Waals surface area contributed by atoms with Gasteiger partial charge in [0.25, 0.3) is 5.91 Å². The summed E-state index contributed by atoms with van der Waals surface area (Å²) in [5.74, 6) is 1.24. The lowest BCUT2D eigenvalue weighted by molar-refractivity contribution is 0.102. The van der Waals surface area contributed by atoms with E-state index in [-0.39, 0.29) is 5.91 Å². The van der Waals surface area contributed by atoms with Gasteiger partial charge in [0.2, 0.25) is 0 Å². The summed E-state index contributed by atoms with van der Waals surface area (Å²) in [5, 5.41) is 6.72. The average molecular weight is 308 g/mol. The van der Waals surface area contributed by atoms with Crippen LogP contribution in [0.4, 0.5) is 5.69 Å². The van der Waals surface area contributed by atoms with E-state index in [9.17, 15) is 4.79 Å². The number of hydrogen-bond donors (Lipinski definition) is 1. The van der Waals surface area contributed by atoms with Gasteiger partial charge in [0.15, 0.2) is 0 Å². The van der Waals surface area contributed by atoms with Crippen molar-refractivity contribution in [3.05, 3.63) is 77.7 Å². The van der Waals surface area contributed by atoms with E-state index in [0.29, 0.717) is 23.6 Å². The number of carbonyl (C=O) groups is 1. The summed E-state index contributed by atoms with van der Waals surface area (Å²) < 4.78 is 10.7. The van der Waals surface area contributed by atoms with Gasteiger partial charge in [-0.3, -0.25) is 4.79 Å². The molecule has 2 aromatic carbocycles. The van der Waals surface area contributed by atoms with Gasteiger partial charge in [-0.2, -0.15) is 0 Å². The summed E-state index contributed by atoms with van der Waals surface area (Å²) in [4.78, 5) is 12.1. The van der Waals surface area contributed by atoms with E-state index in [1.165, 1.54) is 0 Å². The molecule has 0 aliphatic heterocycles. The highest BCUT2D eigenvalue weighted by Crippen LogP contribution is 2.19. The van der Waals surface area contributed by atoms with Gasteiger partial charge >= 0.3 is 0 Å². The number of nitrogens with zero attached hydrogens (tertiary/aromatic N) is 1. The molecule has 0 aliphatic carbocycles. The number of aromatic nitrogens is 1. The summed E-state index contributed by atoms with van der Waals surface area (Å²) in [6.07, 6.45) is 0. The molecule has 0 unspecified atom stereocenters. The van der Waals surface area contributed by atoms with Crippen molar-refractivity contribution < 1.29 is 14.1 Å². The van der Waals surface area contributed by atoms with Gasteiger partial charge in [0, 0.05) is 23.4 Å². The van der Waals surface area contributed by atoms with Crippen molar-refractivity contribution in [1.29, 1.82) is 0 Å². The number of amides is 1. The molecule has 0 spiro atoms. The number of rotatable bonds is 5. The molecule has 5 heteroatoms. The van der Waals surface area contributed by atoms with Crippen molar-refractivity contribution in [2.75, 3.05) is 5.32 Å². The lowest BCUT2D eigenvalue weighted by atomic mass is 10.2. The van der Waals surface area contributed by atoms with E-state index < -0.39 is 0 Å². The summed E-state index contributed by atoms with van der Waals surface area (Å²) >= 11 is 0. The molecular weight excluding hydrogens is 292 g/mol. The van der Waals surface area contributed by atoms with E-state index >= 15 is 0 Å². The van der Waals surface area contributed by atoms with Gasteiger partial charge in [-0.05, 0) is 31.2 Å². The molecule has 1 N–H and O–H groups in total. The first-order valence-corrected chi connectivity index (χ1v) is 7.22. The van der Waals surface area contributed by atoms with Crippen molar-refractivity contribution in [3.63, 3.8) is 0 Å². The molecule has 0 saturated carbocycles. The SMILES string of the molecule is Cc1cc(COc2cccc(NC(=O)c3ccccc3)c2)no1. The Morgan fingerprint density at radius 1 is 1.13 bits per heavy atom. The quantitative estimate of drug-likeness (QED) is 0.778. The van der Waals surface area contributed by atoms with Gasteiger partial charge in [0.05, 0.1) is 0 Å². The van der Waals surface area contributed by atoms with Gasteiger partial charge < -0.3 is 14.6 Å². The van der Waals surface area contributed by atoms with Crippen molar-refractivity contribution in [1.82, 2.24) is 5.16 Å². The maximum atomic E-state index is 12.1. The molecule has 3 rings (SSSR count). The van der Waals surface area contributed by atoms with Crippen LogP contribution in [0, 0.1) is 6.92 Å². The van der Waals surface area contributed by atoms with Crippen LogP contribution >= 0.6 is 0 Å². The minimum atomic E-state index is -0.158. The highest BCUT2D eigenvalue weighted by molar-refractivity contribution is 6.04. The molecule has 5 nitrogen and oxygen atoms in total. The first-order chi connectivity index (χ1) is 11.2. The highest BCUT2D eigenvalue weighted by atomic mass is 16.5. The highest BCUT2D eigenvalue weighted by Gasteiger charge is 2.06. The molecule has 0 bridgehead atoms. The van der Waals surface area contributed by atoms with Gasteiger partial charge in [-0.25, -0.2) is 0 Å². The van der Waals surface area contributed by atoms with Crippen LogP contribution in [0.3, 0.4) is 0 Å². The van der Waals surface area contributed by atoms with E-state index in [4.69, 9.17) is 9.26 Å². The smallest absolute Gasteiger partial charge is 0.255 e. The number of benzene rings is 2. The molecule has 1 amide bonds. The topological polar surface area (TPSA) is 64.4 Å². The number of hydrogen-bond acceptors (Lipinski definition) is 4. The van der Waals surface area contributed by atoms with Crippen LogP contribution in [0.1, 0.15) is 21.8 Å². The number of aryl methyl sites for hydroxylation is 1. The Kier molecular flexibility index (Phi) is 4.38. The third-order valence-corrected chi connectivity index (χ3v) is 3.19. The van der Waals surface area contributed by atoms with Crippen molar-refractivity contribution in [2.45, 2.75) is 13.5 Å². The zero-order valence-electron chi connectivity index (χ0n) is 12.7. The summed E-state index contributed by atoms with van der Waals surface area (Å²) in [5.41, 5.74) is 2.01. The number of nitrogens with one attached hydrogen (secondary N) is 1. The Morgan fingerprint density at radius 2 is 1.96 bits per heavy atom. The van der Waals surface area contributed by atoms with Gasteiger partial charge in [0.1, 0.15) is 23.8 Å². The third-order valence-electron chi connectivity index (χ3n) is 3.19. The van der Waals surface area contributed by atoms with Crippen LogP contribution in [-0.2, 0) is 6.61 Å². The second kappa shape index (κ2) is 6.79. The maximum Gasteiger partial charge on any atom is 0.255 e. The molecule has 0 fully saturated rings. The fraction of sp³-hybridized carbons (Fsp3) is 0.111. The lowest BCUT2D eigenvalue weighted by Crippen LogP contribution is -2.11. The van der Waals surface area contributed by atoms with Crippen LogP contribution in [0.2, 0.25) is 0 Å². The van der Waals surface area contributed by atoms with Crippen LogP contribution < -0.4 is 10.1 Å². The van der Waals surface area contributed by atoms with Crippen molar-refractivity contribution >= 4 is 11.6 Å². The van der Waals surface area contributed by atoms with Gasteiger partial charge in [-0.1, -0.05) is 29.4 Å². The molecule has 1 aromatic heterocycles. The number of ether oxygens (including phenoxy) is 1. The molecule has 1 heterocycles. The maximum absolute atomic E-state index is 12.1. The van der Waals surface area contributed by atoms with Gasteiger partial charge in [-0.15, -0.1) is 0 Å². The monoisotopic (exact) mass is 308 g/mol. The van der Waals surface area contributed by atoms with Crippen LogP contribution in [0.5, 0.6) is 5.75 Å². The number of carbonyl (C=O) groups excluding carboxylic acids is 1. The summed E-state index contributed by atoms with van der Waals surface area (Å²) in [6.45, 7) is 2.14. The largest absolute Gasteiger partial charge is 0.487 e. The minimum Gasteiger partial charge on any atom is -0.487 e.